The predicted octanol–water partition coefficient (Wildman–Crippen LogP) is 5.47. The van der Waals surface area contributed by atoms with E-state index in [1.54, 1.807) is 42.4 Å². The van der Waals surface area contributed by atoms with Crippen LogP contribution in [0.15, 0.2) is 83.7 Å². The lowest BCUT2D eigenvalue weighted by Crippen LogP contribution is -2.49. The van der Waals surface area contributed by atoms with Crippen molar-refractivity contribution in [2.24, 2.45) is 7.05 Å². The van der Waals surface area contributed by atoms with Crippen molar-refractivity contribution in [3.05, 3.63) is 100 Å². The van der Waals surface area contributed by atoms with Gasteiger partial charge in [-0.15, -0.1) is 16.7 Å². The van der Waals surface area contributed by atoms with Gasteiger partial charge in [-0.3, -0.25) is 19.4 Å². The molecule has 3 aromatic carbocycles. The van der Waals surface area contributed by atoms with E-state index in [0.29, 0.717) is 17.4 Å². The Labute approximate surface area is 301 Å². The van der Waals surface area contributed by atoms with Crippen LogP contribution in [-0.4, -0.2) is 93.8 Å². The van der Waals surface area contributed by atoms with Crippen molar-refractivity contribution < 1.29 is 14.3 Å². The lowest BCUT2D eigenvalue weighted by Gasteiger charge is -2.34. The third-order valence-corrected chi connectivity index (χ3v) is 10.8. The molecule has 2 atom stereocenters. The molecule has 13 heteroatoms. The van der Waals surface area contributed by atoms with Crippen molar-refractivity contribution in [2.75, 3.05) is 63.2 Å². The lowest BCUT2D eigenvalue weighted by molar-refractivity contribution is -0.118. The van der Waals surface area contributed by atoms with Crippen LogP contribution in [0.4, 0.5) is 11.6 Å². The Kier molecular flexibility index (Phi) is 9.94. The Bertz CT molecular complexity index is 2080. The number of likely N-dealkylation sites (N-methyl/N-ethyl adjacent to an activating group) is 1. The SMILES string of the molecule is CCN1CCN(CC2SC(c3ccc(C)cc3)N(c3ccc(Oc4nc(Oc5cc(=O)n(C)c6ccccc56)nc(N(C)C)n4)cc3)C2=O)CC1. The topological polar surface area (TPSA) is 109 Å². The largest absolute Gasteiger partial charge is 0.424 e. The molecule has 5 aromatic rings. The molecule has 7 rings (SSSR count). The molecular weight excluding hydrogens is 665 g/mol. The molecule has 1 amide bonds. The molecule has 2 aliphatic heterocycles. The molecule has 4 heterocycles. The van der Waals surface area contributed by atoms with Crippen LogP contribution in [0.1, 0.15) is 23.4 Å². The zero-order chi connectivity index (χ0) is 35.6. The fraction of sp³-hybridized carbons (Fsp3) is 0.342. The quantitative estimate of drug-likeness (QED) is 0.185. The Morgan fingerprint density at radius 3 is 2.20 bits per heavy atom. The molecule has 2 aliphatic rings. The maximum Gasteiger partial charge on any atom is 0.330 e. The molecule has 2 saturated heterocycles. The van der Waals surface area contributed by atoms with Gasteiger partial charge in [0.25, 0.3) is 5.56 Å². The Hall–Kier alpha value is -4.98. The number of aryl methyl sites for hydroxylation is 2. The molecule has 0 saturated carbocycles. The van der Waals surface area contributed by atoms with Crippen LogP contribution in [0.25, 0.3) is 10.9 Å². The highest BCUT2D eigenvalue weighted by atomic mass is 32.2. The first-order valence-electron chi connectivity index (χ1n) is 17.1. The van der Waals surface area contributed by atoms with Crippen LogP contribution in [0.3, 0.4) is 0 Å². The van der Waals surface area contributed by atoms with E-state index in [1.165, 1.54) is 11.6 Å². The van der Waals surface area contributed by atoms with Crippen molar-refractivity contribution in [3.8, 4) is 23.5 Å². The predicted molar refractivity (Wildman–Crippen MR) is 201 cm³/mol. The van der Waals surface area contributed by atoms with E-state index in [4.69, 9.17) is 9.47 Å². The van der Waals surface area contributed by atoms with Gasteiger partial charge in [0.05, 0.1) is 10.8 Å². The second kappa shape index (κ2) is 14.7. The first kappa shape index (κ1) is 34.5. The van der Waals surface area contributed by atoms with Gasteiger partial charge in [-0.2, -0.15) is 9.97 Å². The van der Waals surface area contributed by atoms with Gasteiger partial charge in [0.15, 0.2) is 0 Å². The first-order chi connectivity index (χ1) is 24.7. The number of amides is 1. The van der Waals surface area contributed by atoms with E-state index in [-0.39, 0.29) is 34.1 Å². The number of thioether (sulfide) groups is 1. The van der Waals surface area contributed by atoms with E-state index in [0.717, 1.165) is 61.4 Å². The maximum absolute atomic E-state index is 14.1. The summed E-state index contributed by atoms with van der Waals surface area (Å²) in [5, 5.41) is 0.420. The van der Waals surface area contributed by atoms with Crippen molar-refractivity contribution in [1.29, 1.82) is 0 Å². The molecule has 12 nitrogen and oxygen atoms in total. The summed E-state index contributed by atoms with van der Waals surface area (Å²) in [4.78, 5) is 48.6. The molecule has 264 valence electrons. The average molecular weight is 707 g/mol. The molecule has 0 bridgehead atoms. The summed E-state index contributed by atoms with van der Waals surface area (Å²) in [5.41, 5.74) is 3.56. The Morgan fingerprint density at radius 2 is 1.51 bits per heavy atom. The second-order valence-electron chi connectivity index (χ2n) is 13.0. The smallest absolute Gasteiger partial charge is 0.330 e. The molecule has 0 radical (unpaired) electrons. The van der Waals surface area contributed by atoms with E-state index in [2.05, 4.69) is 62.9 Å². The van der Waals surface area contributed by atoms with Gasteiger partial charge >= 0.3 is 12.0 Å². The minimum absolute atomic E-state index is 0.0125. The van der Waals surface area contributed by atoms with Gasteiger partial charge in [0, 0.05) is 71.0 Å². The molecule has 2 fully saturated rings. The van der Waals surface area contributed by atoms with Crippen molar-refractivity contribution in [2.45, 2.75) is 24.5 Å². The number of benzene rings is 3. The van der Waals surface area contributed by atoms with E-state index in [1.807, 2.05) is 53.4 Å². The van der Waals surface area contributed by atoms with Crippen LogP contribution < -0.4 is 24.8 Å². The summed E-state index contributed by atoms with van der Waals surface area (Å²) in [6, 6.07) is 24.7. The molecule has 0 N–H and O–H groups in total. The number of anilines is 2. The third-order valence-electron chi connectivity index (χ3n) is 9.36. The molecular formula is C38H42N8O4S. The number of piperazine rings is 1. The molecule has 2 aromatic heterocycles. The average Bonchev–Trinajstić information content (AvgIpc) is 3.46. The number of carbonyl (C=O) groups is 1. The summed E-state index contributed by atoms with van der Waals surface area (Å²) < 4.78 is 13.8. The van der Waals surface area contributed by atoms with Crippen LogP contribution in [0, 0.1) is 6.92 Å². The number of rotatable bonds is 10. The minimum Gasteiger partial charge on any atom is -0.424 e. The standard InChI is InChI=1S/C38H42N8O4S/c1-6-44-19-21-45(22-20-44)24-32-34(48)46(35(51-32)26-13-11-25(2)12-14-26)27-15-17-28(18-16-27)49-37-39-36(42(3)4)40-38(41-37)50-31-23-33(47)43(5)30-10-8-7-9-29(30)31/h7-18,23,32,35H,6,19-22,24H2,1-5H3. The Morgan fingerprint density at radius 1 is 0.843 bits per heavy atom. The van der Waals surface area contributed by atoms with Crippen LogP contribution >= 0.6 is 11.8 Å². The summed E-state index contributed by atoms with van der Waals surface area (Å²) in [5.74, 6) is 1.24. The number of fused-ring (bicyclic) bond motifs is 1. The van der Waals surface area contributed by atoms with Gasteiger partial charge in [-0.25, -0.2) is 0 Å². The highest BCUT2D eigenvalue weighted by Crippen LogP contribution is 2.46. The van der Waals surface area contributed by atoms with Crippen LogP contribution in [0.5, 0.6) is 23.5 Å². The van der Waals surface area contributed by atoms with E-state index >= 15 is 0 Å². The number of para-hydroxylation sites is 1. The highest BCUT2D eigenvalue weighted by Gasteiger charge is 2.42. The maximum atomic E-state index is 14.1. The van der Waals surface area contributed by atoms with E-state index < -0.39 is 0 Å². The molecule has 0 aliphatic carbocycles. The zero-order valence-corrected chi connectivity index (χ0v) is 30.3. The van der Waals surface area contributed by atoms with Gasteiger partial charge in [-0.05, 0) is 55.4 Å². The van der Waals surface area contributed by atoms with Gasteiger partial charge in [0.1, 0.15) is 16.9 Å². The van der Waals surface area contributed by atoms with Gasteiger partial charge in [-0.1, -0.05) is 48.9 Å². The fourth-order valence-electron chi connectivity index (χ4n) is 6.37. The monoisotopic (exact) mass is 706 g/mol. The minimum atomic E-state index is -0.220. The summed E-state index contributed by atoms with van der Waals surface area (Å²) >= 11 is 1.72. The lowest BCUT2D eigenvalue weighted by atomic mass is 10.1. The summed E-state index contributed by atoms with van der Waals surface area (Å²) in [6.45, 7) is 10.1. The third kappa shape index (κ3) is 7.41. The molecule has 51 heavy (non-hydrogen) atoms. The van der Waals surface area contributed by atoms with Crippen molar-refractivity contribution >= 4 is 40.2 Å². The normalized spacial score (nSPS) is 18.4. The summed E-state index contributed by atoms with van der Waals surface area (Å²) in [6.07, 6.45) is 0. The van der Waals surface area contributed by atoms with Gasteiger partial charge in [0.2, 0.25) is 11.9 Å². The zero-order valence-electron chi connectivity index (χ0n) is 29.5. The van der Waals surface area contributed by atoms with Crippen molar-refractivity contribution in [3.63, 3.8) is 0 Å². The summed E-state index contributed by atoms with van der Waals surface area (Å²) in [7, 11) is 5.33. The fourth-order valence-corrected chi connectivity index (χ4v) is 7.87. The van der Waals surface area contributed by atoms with Crippen LogP contribution in [-0.2, 0) is 11.8 Å². The molecule has 2 unspecified atom stereocenters. The first-order valence-corrected chi connectivity index (χ1v) is 18.1. The van der Waals surface area contributed by atoms with Gasteiger partial charge < -0.3 is 23.8 Å². The number of hydrogen-bond acceptors (Lipinski definition) is 11. The number of carbonyl (C=O) groups excluding carboxylic acids is 1. The Balaban J connectivity index is 1.13. The number of nitrogens with zero attached hydrogens (tertiary/aromatic N) is 8. The second-order valence-corrected chi connectivity index (χ2v) is 14.3. The number of aromatic nitrogens is 4. The van der Waals surface area contributed by atoms with E-state index in [9.17, 15) is 9.59 Å². The van der Waals surface area contributed by atoms with Crippen LogP contribution in [0.2, 0.25) is 0 Å². The number of ether oxygens (including phenoxy) is 2. The molecule has 0 spiro atoms. The number of pyridine rings is 1. The number of hydrogen-bond donors (Lipinski definition) is 0. The highest BCUT2D eigenvalue weighted by molar-refractivity contribution is 8.01. The van der Waals surface area contributed by atoms with Crippen molar-refractivity contribution in [1.82, 2.24) is 29.3 Å².